The molecule has 0 radical (unpaired) electrons. The topological polar surface area (TPSA) is 20.3 Å². The molecule has 2 aromatic carbocycles. The van der Waals surface area contributed by atoms with Crippen molar-refractivity contribution < 1.29 is 4.79 Å². The quantitative estimate of drug-likeness (QED) is 0.842. The Morgan fingerprint density at radius 3 is 2.05 bits per heavy atom. The van der Waals surface area contributed by atoms with Crippen molar-refractivity contribution in [3.8, 4) is 0 Å². The SMILES string of the molecule is CC(=O)C(c1ccccc1)N1CCC(c2ccccc2)CC1. The first kappa shape index (κ1) is 15.0. The van der Waals surface area contributed by atoms with Gasteiger partial charge in [0.15, 0.2) is 5.78 Å². The van der Waals surface area contributed by atoms with E-state index in [0.717, 1.165) is 31.5 Å². The molecule has 0 amide bonds. The van der Waals surface area contributed by atoms with Crippen LogP contribution in [0.5, 0.6) is 0 Å². The molecular weight excluding hydrogens is 270 g/mol. The van der Waals surface area contributed by atoms with Gasteiger partial charge in [-0.25, -0.2) is 0 Å². The van der Waals surface area contributed by atoms with Gasteiger partial charge in [0.1, 0.15) is 0 Å². The van der Waals surface area contributed by atoms with Gasteiger partial charge in [0, 0.05) is 0 Å². The van der Waals surface area contributed by atoms with E-state index in [0.29, 0.717) is 5.92 Å². The summed E-state index contributed by atoms with van der Waals surface area (Å²) in [6, 6.07) is 20.8. The molecular formula is C20H23NO. The van der Waals surface area contributed by atoms with Crippen LogP contribution in [0.2, 0.25) is 0 Å². The van der Waals surface area contributed by atoms with Crippen molar-refractivity contribution in [3.05, 3.63) is 71.8 Å². The van der Waals surface area contributed by atoms with E-state index in [1.165, 1.54) is 5.56 Å². The van der Waals surface area contributed by atoms with E-state index in [9.17, 15) is 4.79 Å². The first-order valence-corrected chi connectivity index (χ1v) is 8.10. The van der Waals surface area contributed by atoms with Crippen LogP contribution in [0.15, 0.2) is 60.7 Å². The Balaban J connectivity index is 1.70. The zero-order valence-electron chi connectivity index (χ0n) is 13.1. The van der Waals surface area contributed by atoms with Gasteiger partial charge in [-0.3, -0.25) is 9.69 Å². The molecule has 0 aliphatic carbocycles. The number of Topliss-reactive ketones (excluding diaryl/α,β-unsaturated/α-hetero) is 1. The van der Waals surface area contributed by atoms with E-state index in [-0.39, 0.29) is 11.8 Å². The Morgan fingerprint density at radius 2 is 1.50 bits per heavy atom. The second-order valence-corrected chi connectivity index (χ2v) is 6.14. The van der Waals surface area contributed by atoms with Crippen LogP contribution < -0.4 is 0 Å². The second-order valence-electron chi connectivity index (χ2n) is 6.14. The van der Waals surface area contributed by atoms with Crippen molar-refractivity contribution in [3.63, 3.8) is 0 Å². The molecule has 0 N–H and O–H groups in total. The van der Waals surface area contributed by atoms with Gasteiger partial charge in [0.2, 0.25) is 0 Å². The summed E-state index contributed by atoms with van der Waals surface area (Å²) in [7, 11) is 0. The molecule has 0 spiro atoms. The fourth-order valence-corrected chi connectivity index (χ4v) is 3.55. The number of carbonyl (C=O) groups excluding carboxylic acids is 1. The summed E-state index contributed by atoms with van der Waals surface area (Å²) in [4.78, 5) is 14.5. The van der Waals surface area contributed by atoms with Gasteiger partial charge in [-0.1, -0.05) is 60.7 Å². The molecule has 0 saturated carbocycles. The minimum atomic E-state index is -0.0853. The highest BCUT2D eigenvalue weighted by Crippen LogP contribution is 2.32. The van der Waals surface area contributed by atoms with Crippen LogP contribution in [0.25, 0.3) is 0 Å². The monoisotopic (exact) mass is 293 g/mol. The van der Waals surface area contributed by atoms with Crippen LogP contribution >= 0.6 is 0 Å². The summed E-state index contributed by atoms with van der Waals surface area (Å²) in [6.45, 7) is 3.68. The molecule has 114 valence electrons. The maximum Gasteiger partial charge on any atom is 0.151 e. The summed E-state index contributed by atoms with van der Waals surface area (Å²) >= 11 is 0. The molecule has 22 heavy (non-hydrogen) atoms. The van der Waals surface area contributed by atoms with Crippen molar-refractivity contribution in [2.75, 3.05) is 13.1 Å². The summed E-state index contributed by atoms with van der Waals surface area (Å²) < 4.78 is 0. The summed E-state index contributed by atoms with van der Waals surface area (Å²) in [5, 5.41) is 0. The minimum Gasteiger partial charge on any atom is -0.298 e. The van der Waals surface area contributed by atoms with E-state index in [1.54, 1.807) is 6.92 Å². The van der Waals surface area contributed by atoms with Gasteiger partial charge in [-0.2, -0.15) is 0 Å². The highest BCUT2D eigenvalue weighted by Gasteiger charge is 2.29. The van der Waals surface area contributed by atoms with Crippen molar-refractivity contribution in [1.82, 2.24) is 4.90 Å². The molecule has 1 heterocycles. The van der Waals surface area contributed by atoms with Gasteiger partial charge < -0.3 is 0 Å². The van der Waals surface area contributed by atoms with Crippen LogP contribution in [-0.2, 0) is 4.79 Å². The number of benzene rings is 2. The Morgan fingerprint density at radius 1 is 0.955 bits per heavy atom. The molecule has 2 nitrogen and oxygen atoms in total. The lowest BCUT2D eigenvalue weighted by atomic mass is 9.88. The van der Waals surface area contributed by atoms with Crippen molar-refractivity contribution in [2.45, 2.75) is 31.7 Å². The highest BCUT2D eigenvalue weighted by molar-refractivity contribution is 5.82. The molecule has 1 fully saturated rings. The second kappa shape index (κ2) is 6.89. The standard InChI is InChI=1S/C20H23NO/c1-16(22)20(19-10-6-3-7-11-19)21-14-12-18(13-15-21)17-8-4-2-5-9-17/h2-11,18,20H,12-15H2,1H3. The smallest absolute Gasteiger partial charge is 0.151 e. The van der Waals surface area contributed by atoms with E-state index in [1.807, 2.05) is 18.2 Å². The highest BCUT2D eigenvalue weighted by atomic mass is 16.1. The number of carbonyl (C=O) groups is 1. The average Bonchev–Trinajstić information content (AvgIpc) is 2.57. The summed E-state index contributed by atoms with van der Waals surface area (Å²) in [5.74, 6) is 0.866. The van der Waals surface area contributed by atoms with Gasteiger partial charge >= 0.3 is 0 Å². The van der Waals surface area contributed by atoms with Crippen LogP contribution in [0.1, 0.15) is 42.9 Å². The van der Waals surface area contributed by atoms with Crippen LogP contribution in [-0.4, -0.2) is 23.8 Å². The Hall–Kier alpha value is -1.93. The molecule has 1 aliphatic heterocycles. The van der Waals surface area contributed by atoms with Crippen LogP contribution in [0.4, 0.5) is 0 Å². The van der Waals surface area contributed by atoms with Crippen LogP contribution in [0, 0.1) is 0 Å². The van der Waals surface area contributed by atoms with E-state index in [2.05, 4.69) is 47.4 Å². The van der Waals surface area contributed by atoms with Gasteiger partial charge in [0.05, 0.1) is 6.04 Å². The lowest BCUT2D eigenvalue weighted by Crippen LogP contribution is -2.39. The van der Waals surface area contributed by atoms with E-state index < -0.39 is 0 Å². The summed E-state index contributed by atoms with van der Waals surface area (Å²) in [5.41, 5.74) is 2.55. The van der Waals surface area contributed by atoms with Gasteiger partial charge in [-0.05, 0) is 49.9 Å². The minimum absolute atomic E-state index is 0.0853. The van der Waals surface area contributed by atoms with Gasteiger partial charge in [-0.15, -0.1) is 0 Å². The molecule has 1 aliphatic rings. The van der Waals surface area contributed by atoms with E-state index in [4.69, 9.17) is 0 Å². The Labute approximate surface area is 132 Å². The Kier molecular flexibility index (Phi) is 4.69. The third-order valence-electron chi connectivity index (χ3n) is 4.67. The first-order chi connectivity index (χ1) is 10.8. The number of hydrogen-bond donors (Lipinski definition) is 0. The number of piperidine rings is 1. The lowest BCUT2D eigenvalue weighted by molar-refractivity contribution is -0.122. The third kappa shape index (κ3) is 3.28. The Bertz CT molecular complexity index is 600. The first-order valence-electron chi connectivity index (χ1n) is 8.10. The molecule has 1 unspecified atom stereocenters. The maximum atomic E-state index is 12.2. The predicted octanol–water partition coefficient (Wildman–Crippen LogP) is 4.20. The lowest BCUT2D eigenvalue weighted by Gasteiger charge is -2.36. The van der Waals surface area contributed by atoms with Crippen molar-refractivity contribution >= 4 is 5.78 Å². The zero-order valence-corrected chi connectivity index (χ0v) is 13.1. The number of nitrogens with zero attached hydrogens (tertiary/aromatic N) is 1. The zero-order chi connectivity index (χ0) is 15.4. The van der Waals surface area contributed by atoms with E-state index >= 15 is 0 Å². The molecule has 3 rings (SSSR count). The predicted molar refractivity (Wildman–Crippen MR) is 89.9 cm³/mol. The number of ketones is 1. The molecule has 1 saturated heterocycles. The molecule has 2 aromatic rings. The maximum absolute atomic E-state index is 12.2. The average molecular weight is 293 g/mol. The molecule has 0 aromatic heterocycles. The molecule has 0 bridgehead atoms. The number of likely N-dealkylation sites (tertiary alicyclic amines) is 1. The number of hydrogen-bond acceptors (Lipinski definition) is 2. The molecule has 1 atom stereocenters. The number of rotatable bonds is 4. The fourth-order valence-electron chi connectivity index (χ4n) is 3.55. The molecule has 2 heteroatoms. The largest absolute Gasteiger partial charge is 0.298 e. The van der Waals surface area contributed by atoms with Crippen LogP contribution in [0.3, 0.4) is 0 Å². The van der Waals surface area contributed by atoms with Crippen molar-refractivity contribution in [2.24, 2.45) is 0 Å². The van der Waals surface area contributed by atoms with Gasteiger partial charge in [0.25, 0.3) is 0 Å². The summed E-state index contributed by atoms with van der Waals surface area (Å²) in [6.07, 6.45) is 2.25. The fraction of sp³-hybridized carbons (Fsp3) is 0.350. The van der Waals surface area contributed by atoms with Crippen molar-refractivity contribution in [1.29, 1.82) is 0 Å². The normalized spacial score (nSPS) is 18.0. The third-order valence-corrected chi connectivity index (χ3v) is 4.67.